The molecular formula is C17H27N. The van der Waals surface area contributed by atoms with Crippen LogP contribution in [-0.4, -0.2) is 12.6 Å². The van der Waals surface area contributed by atoms with Crippen molar-refractivity contribution in [1.82, 2.24) is 5.32 Å². The maximum absolute atomic E-state index is 3.72. The van der Waals surface area contributed by atoms with Crippen LogP contribution in [0, 0.1) is 5.92 Å². The summed E-state index contributed by atoms with van der Waals surface area (Å²) < 4.78 is 0. The highest BCUT2D eigenvalue weighted by Gasteiger charge is 2.28. The summed E-state index contributed by atoms with van der Waals surface area (Å²) in [4.78, 5) is 0. The van der Waals surface area contributed by atoms with E-state index in [-0.39, 0.29) is 0 Å². The normalized spacial score (nSPS) is 20.1. The van der Waals surface area contributed by atoms with Gasteiger partial charge in [0.1, 0.15) is 0 Å². The Labute approximate surface area is 112 Å². The van der Waals surface area contributed by atoms with Crippen LogP contribution in [0.25, 0.3) is 0 Å². The number of hydrogen-bond acceptors (Lipinski definition) is 1. The third-order valence-electron chi connectivity index (χ3n) is 4.19. The van der Waals surface area contributed by atoms with Gasteiger partial charge in [-0.15, -0.1) is 0 Å². The molecule has 1 nitrogen and oxygen atoms in total. The Morgan fingerprint density at radius 2 is 2.00 bits per heavy atom. The molecule has 0 aromatic heterocycles. The summed E-state index contributed by atoms with van der Waals surface area (Å²) in [6.07, 6.45) is 5.24. The van der Waals surface area contributed by atoms with Crippen LogP contribution in [0.3, 0.4) is 0 Å². The fraction of sp³-hybridized carbons (Fsp3) is 0.647. The molecule has 0 bridgehead atoms. The van der Waals surface area contributed by atoms with Crippen molar-refractivity contribution in [3.63, 3.8) is 0 Å². The van der Waals surface area contributed by atoms with E-state index in [0.29, 0.717) is 6.04 Å². The first-order valence-corrected chi connectivity index (χ1v) is 7.53. The Hall–Kier alpha value is -0.820. The molecule has 1 N–H and O–H groups in total. The zero-order chi connectivity index (χ0) is 13.0. The lowest BCUT2D eigenvalue weighted by atomic mass is 9.88. The molecule has 0 saturated carbocycles. The van der Waals surface area contributed by atoms with Gasteiger partial charge in [-0.25, -0.2) is 0 Å². The second-order valence-electron chi connectivity index (χ2n) is 5.98. The molecule has 0 heterocycles. The van der Waals surface area contributed by atoms with Gasteiger partial charge >= 0.3 is 0 Å². The van der Waals surface area contributed by atoms with Crippen molar-refractivity contribution >= 4 is 0 Å². The summed E-state index contributed by atoms with van der Waals surface area (Å²) in [6, 6.07) is 9.69. The number of nitrogens with one attached hydrogen (secondary N) is 1. The van der Waals surface area contributed by atoms with Crippen molar-refractivity contribution in [1.29, 1.82) is 0 Å². The summed E-state index contributed by atoms with van der Waals surface area (Å²) in [5, 5.41) is 3.72. The van der Waals surface area contributed by atoms with Crippen LogP contribution in [0.5, 0.6) is 0 Å². The average Bonchev–Trinajstić information content (AvgIpc) is 2.78. The summed E-state index contributed by atoms with van der Waals surface area (Å²) >= 11 is 0. The molecule has 0 spiro atoms. The van der Waals surface area contributed by atoms with Gasteiger partial charge in [-0.05, 0) is 55.2 Å². The number of likely N-dealkylation sites (N-methyl/N-ethyl adjacent to an activating group) is 1. The summed E-state index contributed by atoms with van der Waals surface area (Å²) in [5.74, 6) is 1.54. The number of benzene rings is 1. The molecule has 0 fully saturated rings. The lowest BCUT2D eigenvalue weighted by molar-refractivity contribution is 0.380. The van der Waals surface area contributed by atoms with Gasteiger partial charge < -0.3 is 5.32 Å². The van der Waals surface area contributed by atoms with Crippen molar-refractivity contribution < 1.29 is 0 Å². The van der Waals surface area contributed by atoms with Crippen LogP contribution in [-0.2, 0) is 6.42 Å². The van der Waals surface area contributed by atoms with Crippen LogP contribution in [0.15, 0.2) is 24.3 Å². The molecule has 18 heavy (non-hydrogen) atoms. The highest BCUT2D eigenvalue weighted by molar-refractivity contribution is 5.36. The third-order valence-corrected chi connectivity index (χ3v) is 4.19. The minimum atomic E-state index is 0.668. The molecule has 1 aliphatic carbocycles. The Bertz CT molecular complexity index is 370. The van der Waals surface area contributed by atoms with Crippen LogP contribution in [0.4, 0.5) is 0 Å². The van der Waals surface area contributed by atoms with Gasteiger partial charge in [-0.1, -0.05) is 45.0 Å². The van der Waals surface area contributed by atoms with E-state index in [1.165, 1.54) is 25.7 Å². The van der Waals surface area contributed by atoms with Gasteiger partial charge in [0.15, 0.2) is 0 Å². The van der Waals surface area contributed by atoms with Gasteiger partial charge in [0.2, 0.25) is 0 Å². The molecule has 2 unspecified atom stereocenters. The smallest absolute Gasteiger partial charge is 0.0136 e. The van der Waals surface area contributed by atoms with E-state index in [0.717, 1.165) is 18.4 Å². The van der Waals surface area contributed by atoms with Crippen LogP contribution < -0.4 is 5.32 Å². The maximum atomic E-state index is 3.72. The van der Waals surface area contributed by atoms with E-state index in [1.54, 1.807) is 11.1 Å². The Kier molecular flexibility index (Phi) is 4.82. The first-order valence-electron chi connectivity index (χ1n) is 7.53. The predicted octanol–water partition coefficient (Wildman–Crippen LogP) is 4.13. The minimum Gasteiger partial charge on any atom is -0.314 e. The first-order chi connectivity index (χ1) is 8.72. The van der Waals surface area contributed by atoms with Gasteiger partial charge in [-0.2, -0.15) is 0 Å². The molecule has 100 valence electrons. The molecule has 2 rings (SSSR count). The molecule has 0 amide bonds. The lowest BCUT2D eigenvalue weighted by Gasteiger charge is -2.26. The molecule has 2 atom stereocenters. The zero-order valence-corrected chi connectivity index (χ0v) is 12.1. The molecule has 1 aliphatic rings. The quantitative estimate of drug-likeness (QED) is 0.794. The van der Waals surface area contributed by atoms with Gasteiger partial charge in [0.25, 0.3) is 0 Å². The monoisotopic (exact) mass is 245 g/mol. The second kappa shape index (κ2) is 6.38. The standard InChI is InChI=1S/C17H27N/c1-4-18-17(12-9-13(2)3)16-11-10-14-7-5-6-8-15(14)16/h5-8,13,16-18H,4,9-12H2,1-3H3. The molecule has 0 radical (unpaired) electrons. The van der Waals surface area contributed by atoms with E-state index >= 15 is 0 Å². The van der Waals surface area contributed by atoms with Crippen LogP contribution in [0.1, 0.15) is 57.1 Å². The number of aryl methyl sites for hydroxylation is 1. The summed E-state index contributed by atoms with van der Waals surface area (Å²) in [6.45, 7) is 7.96. The topological polar surface area (TPSA) is 12.0 Å². The van der Waals surface area contributed by atoms with E-state index in [1.807, 2.05) is 0 Å². The average molecular weight is 245 g/mol. The van der Waals surface area contributed by atoms with Crippen molar-refractivity contribution in [3.05, 3.63) is 35.4 Å². The van der Waals surface area contributed by atoms with Gasteiger partial charge in [0, 0.05) is 6.04 Å². The second-order valence-corrected chi connectivity index (χ2v) is 5.98. The Morgan fingerprint density at radius 1 is 1.22 bits per heavy atom. The number of hydrogen-bond donors (Lipinski definition) is 1. The Balaban J connectivity index is 2.07. The van der Waals surface area contributed by atoms with Crippen molar-refractivity contribution in [3.8, 4) is 0 Å². The fourth-order valence-corrected chi connectivity index (χ4v) is 3.23. The van der Waals surface area contributed by atoms with Crippen molar-refractivity contribution in [2.45, 2.75) is 58.4 Å². The third kappa shape index (κ3) is 3.14. The van der Waals surface area contributed by atoms with Crippen molar-refractivity contribution in [2.24, 2.45) is 5.92 Å². The molecule has 0 saturated heterocycles. The SMILES string of the molecule is CCNC(CCC(C)C)C1CCc2ccccc21. The van der Waals surface area contributed by atoms with Gasteiger partial charge in [0.05, 0.1) is 0 Å². The van der Waals surface area contributed by atoms with E-state index in [9.17, 15) is 0 Å². The summed E-state index contributed by atoms with van der Waals surface area (Å²) in [7, 11) is 0. The number of rotatable bonds is 6. The van der Waals surface area contributed by atoms with Gasteiger partial charge in [-0.3, -0.25) is 0 Å². The number of fused-ring (bicyclic) bond motifs is 1. The molecule has 1 heteroatoms. The maximum Gasteiger partial charge on any atom is 0.0136 e. The molecular weight excluding hydrogens is 218 g/mol. The highest BCUT2D eigenvalue weighted by Crippen LogP contribution is 2.36. The minimum absolute atomic E-state index is 0.668. The Morgan fingerprint density at radius 3 is 2.72 bits per heavy atom. The molecule has 0 aliphatic heterocycles. The largest absolute Gasteiger partial charge is 0.314 e. The molecule has 1 aromatic rings. The fourth-order valence-electron chi connectivity index (χ4n) is 3.23. The first kappa shape index (κ1) is 13.6. The van der Waals surface area contributed by atoms with Crippen LogP contribution >= 0.6 is 0 Å². The highest BCUT2D eigenvalue weighted by atomic mass is 14.9. The zero-order valence-electron chi connectivity index (χ0n) is 12.1. The predicted molar refractivity (Wildman–Crippen MR) is 79.0 cm³/mol. The molecule has 1 aromatic carbocycles. The van der Waals surface area contributed by atoms with E-state index in [4.69, 9.17) is 0 Å². The lowest BCUT2D eigenvalue weighted by Crippen LogP contribution is -2.34. The van der Waals surface area contributed by atoms with E-state index in [2.05, 4.69) is 50.4 Å². The van der Waals surface area contributed by atoms with E-state index < -0.39 is 0 Å². The summed E-state index contributed by atoms with van der Waals surface area (Å²) in [5.41, 5.74) is 3.18. The van der Waals surface area contributed by atoms with Crippen molar-refractivity contribution in [2.75, 3.05) is 6.54 Å². The van der Waals surface area contributed by atoms with Crippen LogP contribution in [0.2, 0.25) is 0 Å².